The molecule has 0 aliphatic rings. The van der Waals surface area contributed by atoms with Crippen LogP contribution in [-0.4, -0.2) is 30.1 Å². The van der Waals surface area contributed by atoms with Crippen LogP contribution in [0.1, 0.15) is 11.4 Å². The summed E-state index contributed by atoms with van der Waals surface area (Å²) in [5, 5.41) is 10.7. The zero-order valence-electron chi connectivity index (χ0n) is 14.7. The van der Waals surface area contributed by atoms with Gasteiger partial charge in [0.05, 0.1) is 5.52 Å². The number of hydrogen-bond acceptors (Lipinski definition) is 5. The van der Waals surface area contributed by atoms with Crippen molar-refractivity contribution in [1.29, 1.82) is 0 Å². The van der Waals surface area contributed by atoms with Gasteiger partial charge in [0.1, 0.15) is 18.2 Å². The van der Waals surface area contributed by atoms with Crippen LogP contribution in [0.2, 0.25) is 5.02 Å². The van der Waals surface area contributed by atoms with E-state index in [0.29, 0.717) is 22.6 Å². The van der Waals surface area contributed by atoms with Crippen molar-refractivity contribution in [1.82, 2.24) is 29.5 Å². The highest BCUT2D eigenvalue weighted by molar-refractivity contribution is 6.31. The van der Waals surface area contributed by atoms with Crippen molar-refractivity contribution in [3.8, 4) is 0 Å². The molecule has 0 fully saturated rings. The Morgan fingerprint density at radius 3 is 2.86 bits per heavy atom. The smallest absolute Gasteiger partial charge is 0.297 e. The fourth-order valence-electron chi connectivity index (χ4n) is 2.97. The Hall–Kier alpha value is -3.33. The van der Waals surface area contributed by atoms with E-state index in [4.69, 9.17) is 11.6 Å². The van der Waals surface area contributed by atoms with E-state index in [1.807, 2.05) is 0 Å². The Labute approximate surface area is 162 Å². The second-order valence-corrected chi connectivity index (χ2v) is 6.56. The van der Waals surface area contributed by atoms with Crippen LogP contribution in [-0.2, 0) is 17.9 Å². The van der Waals surface area contributed by atoms with Gasteiger partial charge in [0.25, 0.3) is 5.56 Å². The Bertz CT molecular complexity index is 1280. The lowest BCUT2D eigenvalue weighted by atomic mass is 10.2. The van der Waals surface area contributed by atoms with Crippen LogP contribution < -0.4 is 10.9 Å². The molecular weight excluding hydrogens is 387 g/mol. The summed E-state index contributed by atoms with van der Waals surface area (Å²) in [6.07, 6.45) is 1.59. The van der Waals surface area contributed by atoms with Gasteiger partial charge in [-0.3, -0.25) is 18.6 Å². The van der Waals surface area contributed by atoms with Crippen LogP contribution in [0.25, 0.3) is 16.8 Å². The number of fused-ring (bicyclic) bond motifs is 3. The van der Waals surface area contributed by atoms with Crippen molar-refractivity contribution in [2.45, 2.75) is 20.0 Å². The maximum Gasteiger partial charge on any atom is 0.297 e. The van der Waals surface area contributed by atoms with Crippen molar-refractivity contribution in [2.75, 3.05) is 0 Å². The number of hydrogen-bond donors (Lipinski definition) is 1. The number of carbonyl (C=O) groups is 1. The average Bonchev–Trinajstić information content (AvgIpc) is 3.06. The molecular formula is C18H14ClFN6O2. The van der Waals surface area contributed by atoms with Crippen LogP contribution in [0, 0.1) is 12.7 Å². The van der Waals surface area contributed by atoms with Gasteiger partial charge in [-0.15, -0.1) is 10.2 Å². The molecule has 4 rings (SSSR count). The standard InChI is InChI=1S/C18H14ClFN6O2/c1-10-23-24-17-18(28)25(14-3-2-6-21-16(14)26(10)17)9-15(27)22-8-11-4-5-12(20)7-13(11)19/h2-7H,8-9H2,1H3,(H,22,27). The molecule has 0 unspecified atom stereocenters. The van der Waals surface area contributed by atoms with Gasteiger partial charge < -0.3 is 5.32 Å². The van der Waals surface area contributed by atoms with Crippen LogP contribution in [0.15, 0.2) is 41.3 Å². The first-order valence-corrected chi connectivity index (χ1v) is 8.73. The number of amides is 1. The van der Waals surface area contributed by atoms with Gasteiger partial charge in [-0.05, 0) is 36.8 Å². The van der Waals surface area contributed by atoms with Crippen molar-refractivity contribution in [3.63, 3.8) is 0 Å². The molecule has 1 amide bonds. The number of nitrogens with zero attached hydrogens (tertiary/aromatic N) is 5. The number of nitrogens with one attached hydrogen (secondary N) is 1. The number of carbonyl (C=O) groups excluding carboxylic acids is 1. The highest BCUT2D eigenvalue weighted by atomic mass is 35.5. The molecule has 0 saturated carbocycles. The summed E-state index contributed by atoms with van der Waals surface area (Å²) in [6.45, 7) is 1.59. The Morgan fingerprint density at radius 2 is 2.07 bits per heavy atom. The Kier molecular flexibility index (Phi) is 4.52. The maximum atomic E-state index is 13.1. The van der Waals surface area contributed by atoms with Gasteiger partial charge >= 0.3 is 0 Å². The molecule has 8 nitrogen and oxygen atoms in total. The lowest BCUT2D eigenvalue weighted by Gasteiger charge is -2.12. The number of aryl methyl sites for hydroxylation is 1. The molecule has 1 aromatic carbocycles. The lowest BCUT2D eigenvalue weighted by Crippen LogP contribution is -2.33. The van der Waals surface area contributed by atoms with E-state index < -0.39 is 17.3 Å². The first-order valence-electron chi connectivity index (χ1n) is 8.35. The van der Waals surface area contributed by atoms with Crippen molar-refractivity contribution in [2.24, 2.45) is 0 Å². The molecule has 4 aromatic rings. The highest BCUT2D eigenvalue weighted by Gasteiger charge is 2.17. The number of halogens is 2. The predicted molar refractivity (Wildman–Crippen MR) is 101 cm³/mol. The van der Waals surface area contributed by atoms with Crippen molar-refractivity contribution >= 4 is 34.3 Å². The fourth-order valence-corrected chi connectivity index (χ4v) is 3.21. The zero-order chi connectivity index (χ0) is 19.8. The van der Waals surface area contributed by atoms with Crippen molar-refractivity contribution < 1.29 is 9.18 Å². The molecule has 3 heterocycles. The molecule has 0 bridgehead atoms. The van der Waals surface area contributed by atoms with E-state index in [9.17, 15) is 14.0 Å². The molecule has 0 radical (unpaired) electrons. The summed E-state index contributed by atoms with van der Waals surface area (Å²) in [7, 11) is 0. The Morgan fingerprint density at radius 1 is 1.25 bits per heavy atom. The summed E-state index contributed by atoms with van der Waals surface area (Å²) in [5.41, 5.74) is 1.18. The number of aromatic nitrogens is 5. The van der Waals surface area contributed by atoms with Gasteiger partial charge in [0, 0.05) is 17.8 Å². The van der Waals surface area contributed by atoms with E-state index in [0.717, 1.165) is 0 Å². The lowest BCUT2D eigenvalue weighted by molar-refractivity contribution is -0.121. The van der Waals surface area contributed by atoms with Crippen LogP contribution >= 0.6 is 11.6 Å². The normalized spacial score (nSPS) is 11.2. The van der Waals surface area contributed by atoms with Gasteiger partial charge in [-0.1, -0.05) is 17.7 Å². The Balaban J connectivity index is 1.66. The minimum atomic E-state index is -0.456. The first-order chi connectivity index (χ1) is 13.5. The summed E-state index contributed by atoms with van der Waals surface area (Å²) in [5.74, 6) is -0.339. The molecule has 0 atom stereocenters. The van der Waals surface area contributed by atoms with E-state index in [1.165, 1.54) is 22.8 Å². The van der Waals surface area contributed by atoms with Crippen LogP contribution in [0.4, 0.5) is 4.39 Å². The molecule has 3 aromatic heterocycles. The summed E-state index contributed by atoms with van der Waals surface area (Å²) < 4.78 is 16.0. The monoisotopic (exact) mass is 400 g/mol. The van der Waals surface area contributed by atoms with Gasteiger partial charge in [0.2, 0.25) is 11.6 Å². The van der Waals surface area contributed by atoms with Crippen LogP contribution in [0.3, 0.4) is 0 Å². The molecule has 1 N–H and O–H groups in total. The second kappa shape index (κ2) is 7.01. The van der Waals surface area contributed by atoms with E-state index >= 15 is 0 Å². The molecule has 142 valence electrons. The summed E-state index contributed by atoms with van der Waals surface area (Å²) >= 11 is 5.97. The summed E-state index contributed by atoms with van der Waals surface area (Å²) in [6, 6.07) is 7.31. The molecule has 0 spiro atoms. The van der Waals surface area contributed by atoms with Gasteiger partial charge in [-0.2, -0.15) is 0 Å². The minimum absolute atomic E-state index is 0.0954. The maximum absolute atomic E-state index is 13.1. The van der Waals surface area contributed by atoms with E-state index in [-0.39, 0.29) is 23.8 Å². The third-order valence-corrected chi connectivity index (χ3v) is 4.67. The largest absolute Gasteiger partial charge is 0.350 e. The first kappa shape index (κ1) is 18.1. The molecule has 0 aliphatic carbocycles. The average molecular weight is 401 g/mol. The molecule has 28 heavy (non-hydrogen) atoms. The predicted octanol–water partition coefficient (Wildman–Crippen LogP) is 1.86. The van der Waals surface area contributed by atoms with E-state index in [1.54, 1.807) is 29.7 Å². The zero-order valence-corrected chi connectivity index (χ0v) is 15.4. The SMILES string of the molecule is Cc1nnc2c(=O)n(CC(=O)NCc3ccc(F)cc3Cl)c3cccnc3n12. The topological polar surface area (TPSA) is 94.2 Å². The van der Waals surface area contributed by atoms with Crippen LogP contribution in [0.5, 0.6) is 0 Å². The van der Waals surface area contributed by atoms with Crippen molar-refractivity contribution in [3.05, 3.63) is 69.1 Å². The number of rotatable bonds is 4. The molecule has 0 aliphatic heterocycles. The number of benzene rings is 1. The quantitative estimate of drug-likeness (QED) is 0.564. The molecule has 10 heteroatoms. The minimum Gasteiger partial charge on any atom is -0.350 e. The van der Waals surface area contributed by atoms with Gasteiger partial charge in [-0.25, -0.2) is 9.37 Å². The number of pyridine rings is 1. The fraction of sp³-hybridized carbons (Fsp3) is 0.167. The third kappa shape index (κ3) is 3.09. The summed E-state index contributed by atoms with van der Waals surface area (Å²) in [4.78, 5) is 29.6. The second-order valence-electron chi connectivity index (χ2n) is 6.16. The van der Waals surface area contributed by atoms with E-state index in [2.05, 4.69) is 20.5 Å². The molecule has 0 saturated heterocycles. The third-order valence-electron chi connectivity index (χ3n) is 4.32. The van der Waals surface area contributed by atoms with Gasteiger partial charge in [0.15, 0.2) is 5.65 Å². The highest BCUT2D eigenvalue weighted by Crippen LogP contribution is 2.17.